The molecule has 108 valence electrons. The molecule has 1 aromatic carbocycles. The molecule has 0 aromatic heterocycles. The largest absolute Gasteiger partial charge is 0.506 e. The Morgan fingerprint density at radius 1 is 1.45 bits per heavy atom. The molecule has 20 heavy (non-hydrogen) atoms. The number of non-ortho nitro benzene ring substituents is 1. The van der Waals surface area contributed by atoms with Crippen molar-refractivity contribution < 1.29 is 19.6 Å². The number of nitrogens with zero attached hydrogens (tertiary/aromatic N) is 1. The maximum absolute atomic E-state index is 11.6. The maximum Gasteiger partial charge on any atom is 0.319 e. The summed E-state index contributed by atoms with van der Waals surface area (Å²) in [5.74, 6) is -0.509. The summed E-state index contributed by atoms with van der Waals surface area (Å²) in [6.45, 7) is 3.53. The Bertz CT molecular complexity index is 530. The van der Waals surface area contributed by atoms with Crippen LogP contribution in [0.25, 0.3) is 0 Å². The summed E-state index contributed by atoms with van der Waals surface area (Å²) in [4.78, 5) is 32.2. The molecule has 0 bridgehead atoms. The summed E-state index contributed by atoms with van der Waals surface area (Å²) in [5, 5.41) is 24.8. The number of aldehydes is 1. The minimum atomic E-state index is -0.681. The number of rotatable bonds is 5. The molecule has 0 saturated carbocycles. The van der Waals surface area contributed by atoms with Gasteiger partial charge in [-0.05, 0) is 12.0 Å². The van der Waals surface area contributed by atoms with Crippen molar-refractivity contribution in [3.63, 3.8) is 0 Å². The molecular formula is C12H15N3O5. The third-order valence-corrected chi connectivity index (χ3v) is 2.60. The Balaban J connectivity index is 2.76. The Hall–Kier alpha value is -2.64. The second-order valence-electron chi connectivity index (χ2n) is 4.46. The number of nitrogens with one attached hydrogen (secondary N) is 2. The number of nitro groups is 1. The van der Waals surface area contributed by atoms with Crippen LogP contribution in [-0.2, 0) is 4.79 Å². The summed E-state index contributed by atoms with van der Waals surface area (Å²) < 4.78 is 0. The molecule has 0 aliphatic rings. The average molecular weight is 281 g/mol. The van der Waals surface area contributed by atoms with Crippen LogP contribution in [0, 0.1) is 16.0 Å². The van der Waals surface area contributed by atoms with E-state index in [1.165, 1.54) is 6.07 Å². The van der Waals surface area contributed by atoms with Crippen molar-refractivity contribution in [2.75, 3.05) is 5.32 Å². The Morgan fingerprint density at radius 2 is 2.10 bits per heavy atom. The minimum Gasteiger partial charge on any atom is -0.506 e. The van der Waals surface area contributed by atoms with Crippen LogP contribution < -0.4 is 10.6 Å². The Morgan fingerprint density at radius 3 is 2.55 bits per heavy atom. The summed E-state index contributed by atoms with van der Waals surface area (Å²) in [6.07, 6.45) is 0.611. The lowest BCUT2D eigenvalue weighted by Crippen LogP contribution is -2.42. The van der Waals surface area contributed by atoms with E-state index in [9.17, 15) is 24.8 Å². The monoisotopic (exact) mass is 281 g/mol. The topological polar surface area (TPSA) is 122 Å². The zero-order valence-electron chi connectivity index (χ0n) is 11.0. The van der Waals surface area contributed by atoms with Gasteiger partial charge in [-0.25, -0.2) is 4.79 Å². The van der Waals surface area contributed by atoms with Gasteiger partial charge < -0.3 is 20.5 Å². The quantitative estimate of drug-likeness (QED) is 0.328. The molecule has 1 atom stereocenters. The second kappa shape index (κ2) is 6.50. The molecule has 8 nitrogen and oxygen atoms in total. The number of urea groups is 1. The first-order chi connectivity index (χ1) is 9.35. The molecule has 3 N–H and O–H groups in total. The van der Waals surface area contributed by atoms with Gasteiger partial charge in [0.15, 0.2) is 0 Å². The van der Waals surface area contributed by atoms with Crippen molar-refractivity contribution in [1.29, 1.82) is 0 Å². The van der Waals surface area contributed by atoms with Gasteiger partial charge in [0.05, 0.1) is 22.7 Å². The molecule has 0 aliphatic heterocycles. The molecule has 0 fully saturated rings. The van der Waals surface area contributed by atoms with Crippen molar-refractivity contribution in [3.05, 3.63) is 28.3 Å². The fourth-order valence-electron chi connectivity index (χ4n) is 1.41. The third kappa shape index (κ3) is 3.94. The smallest absolute Gasteiger partial charge is 0.319 e. The first kappa shape index (κ1) is 15.4. The molecule has 2 amide bonds. The van der Waals surface area contributed by atoms with Gasteiger partial charge in [0.1, 0.15) is 12.0 Å². The summed E-state index contributed by atoms with van der Waals surface area (Å²) >= 11 is 0. The highest BCUT2D eigenvalue weighted by Gasteiger charge is 2.17. The first-order valence-electron chi connectivity index (χ1n) is 5.85. The molecule has 8 heteroatoms. The van der Waals surface area contributed by atoms with Crippen molar-refractivity contribution in [1.82, 2.24) is 5.32 Å². The fourth-order valence-corrected chi connectivity index (χ4v) is 1.41. The van der Waals surface area contributed by atoms with Crippen molar-refractivity contribution in [2.24, 2.45) is 5.92 Å². The summed E-state index contributed by atoms with van der Waals surface area (Å²) in [5.41, 5.74) is -0.275. The van der Waals surface area contributed by atoms with Gasteiger partial charge in [0, 0.05) is 6.07 Å². The number of hydrogen-bond acceptors (Lipinski definition) is 5. The number of carbonyl (C=O) groups excluding carboxylic acids is 2. The minimum absolute atomic E-state index is 0.0153. The van der Waals surface area contributed by atoms with E-state index in [1.807, 2.05) is 0 Å². The number of amides is 2. The van der Waals surface area contributed by atoms with E-state index in [-0.39, 0.29) is 17.3 Å². The molecule has 0 radical (unpaired) electrons. The molecular weight excluding hydrogens is 266 g/mol. The fraction of sp³-hybridized carbons (Fsp3) is 0.333. The molecule has 0 aliphatic carbocycles. The molecule has 1 aromatic rings. The van der Waals surface area contributed by atoms with E-state index < -0.39 is 22.7 Å². The van der Waals surface area contributed by atoms with Gasteiger partial charge in [-0.3, -0.25) is 10.1 Å². The molecule has 1 unspecified atom stereocenters. The highest BCUT2D eigenvalue weighted by molar-refractivity contribution is 5.92. The molecule has 0 spiro atoms. The predicted octanol–water partition coefficient (Wildman–Crippen LogP) is 1.65. The van der Waals surface area contributed by atoms with E-state index in [0.717, 1.165) is 12.1 Å². The molecule has 0 heterocycles. The predicted molar refractivity (Wildman–Crippen MR) is 71.6 cm³/mol. The molecule has 1 rings (SSSR count). The van der Waals surface area contributed by atoms with Crippen LogP contribution in [0.5, 0.6) is 5.75 Å². The second-order valence-corrected chi connectivity index (χ2v) is 4.46. The highest BCUT2D eigenvalue weighted by Crippen LogP contribution is 2.27. The number of carbonyl (C=O) groups is 2. The number of anilines is 1. The first-order valence-corrected chi connectivity index (χ1v) is 5.85. The highest BCUT2D eigenvalue weighted by atomic mass is 16.6. The number of phenolic OH excluding ortho intramolecular Hbond substituents is 1. The zero-order chi connectivity index (χ0) is 15.3. The summed E-state index contributed by atoms with van der Waals surface area (Å²) in [6, 6.07) is 1.94. The average Bonchev–Trinajstić information content (AvgIpc) is 2.37. The van der Waals surface area contributed by atoms with Crippen LogP contribution in [0.3, 0.4) is 0 Å². The van der Waals surface area contributed by atoms with Crippen molar-refractivity contribution in [2.45, 2.75) is 19.9 Å². The third-order valence-electron chi connectivity index (χ3n) is 2.60. The summed E-state index contributed by atoms with van der Waals surface area (Å²) in [7, 11) is 0. The SMILES string of the molecule is CC(C)C(C=O)NC(=O)Nc1ccc([N+](=O)[O-])cc1O. The van der Waals surface area contributed by atoms with Crippen molar-refractivity contribution in [3.8, 4) is 5.75 Å². The number of aromatic hydroxyl groups is 1. The van der Waals surface area contributed by atoms with Crippen LogP contribution in [0.2, 0.25) is 0 Å². The number of phenols is 1. The van der Waals surface area contributed by atoms with E-state index in [0.29, 0.717) is 6.29 Å². The van der Waals surface area contributed by atoms with Gasteiger partial charge in [-0.2, -0.15) is 0 Å². The number of hydrogen-bond donors (Lipinski definition) is 3. The van der Waals surface area contributed by atoms with Crippen molar-refractivity contribution >= 4 is 23.7 Å². The maximum atomic E-state index is 11.6. The van der Waals surface area contributed by atoms with E-state index >= 15 is 0 Å². The van der Waals surface area contributed by atoms with Crippen LogP contribution >= 0.6 is 0 Å². The van der Waals surface area contributed by atoms with E-state index in [4.69, 9.17) is 0 Å². The number of benzene rings is 1. The van der Waals surface area contributed by atoms with Gasteiger partial charge in [0.2, 0.25) is 0 Å². The van der Waals surface area contributed by atoms with Gasteiger partial charge in [-0.15, -0.1) is 0 Å². The zero-order valence-corrected chi connectivity index (χ0v) is 11.0. The lowest BCUT2D eigenvalue weighted by Gasteiger charge is -2.16. The number of nitro benzene ring substituents is 1. The van der Waals surface area contributed by atoms with Crippen LogP contribution in [0.4, 0.5) is 16.2 Å². The van der Waals surface area contributed by atoms with Gasteiger partial charge in [-0.1, -0.05) is 13.8 Å². The van der Waals surface area contributed by atoms with E-state index in [1.54, 1.807) is 13.8 Å². The van der Waals surface area contributed by atoms with Crippen LogP contribution in [0.1, 0.15) is 13.8 Å². The van der Waals surface area contributed by atoms with Gasteiger partial charge >= 0.3 is 6.03 Å². The van der Waals surface area contributed by atoms with Gasteiger partial charge in [0.25, 0.3) is 5.69 Å². The van der Waals surface area contributed by atoms with E-state index in [2.05, 4.69) is 10.6 Å². The Kier molecular flexibility index (Phi) is 5.01. The lowest BCUT2D eigenvalue weighted by atomic mass is 10.1. The van der Waals surface area contributed by atoms with Crippen LogP contribution in [-0.4, -0.2) is 28.4 Å². The Labute approximate surface area is 114 Å². The lowest BCUT2D eigenvalue weighted by molar-refractivity contribution is -0.384. The standard InChI is InChI=1S/C12H15N3O5/c1-7(2)10(6-16)14-12(18)13-9-4-3-8(15(19)20)5-11(9)17/h3-7,10,17H,1-2H3,(H2,13,14,18). The molecule has 0 saturated heterocycles. The normalized spacial score (nSPS) is 11.8. The van der Waals surface area contributed by atoms with Crippen LogP contribution in [0.15, 0.2) is 18.2 Å².